The van der Waals surface area contributed by atoms with E-state index < -0.39 is 11.6 Å². The van der Waals surface area contributed by atoms with E-state index in [0.29, 0.717) is 6.54 Å². The minimum absolute atomic E-state index is 0.267. The van der Waals surface area contributed by atoms with E-state index in [4.69, 9.17) is 0 Å². The Labute approximate surface area is 200 Å². The van der Waals surface area contributed by atoms with Gasteiger partial charge in [-0.15, -0.1) is 0 Å². The highest BCUT2D eigenvalue weighted by Gasteiger charge is 2.17. The topological polar surface area (TPSA) is 6.48 Å². The van der Waals surface area contributed by atoms with E-state index in [9.17, 15) is 8.78 Å². The van der Waals surface area contributed by atoms with E-state index in [0.717, 1.165) is 29.8 Å². The molecule has 1 aliphatic heterocycles. The maximum Gasteiger partial charge on any atom is 0.147 e. The number of anilines is 1. The fraction of sp³-hybridized carbons (Fsp3) is 0.357. The van der Waals surface area contributed by atoms with Crippen LogP contribution in [-0.4, -0.2) is 24.5 Å². The Morgan fingerprint density at radius 1 is 0.879 bits per heavy atom. The first kappa shape index (κ1) is 23.8. The van der Waals surface area contributed by atoms with Crippen LogP contribution in [0.4, 0.5) is 14.5 Å². The molecular weight excluding hydrogens is 434 g/mol. The van der Waals surface area contributed by atoms with Crippen LogP contribution < -0.4 is 4.31 Å². The highest BCUT2D eigenvalue weighted by atomic mass is 32.2. The van der Waals surface area contributed by atoms with Gasteiger partial charge in [0, 0.05) is 11.0 Å². The molecule has 0 aromatic heterocycles. The van der Waals surface area contributed by atoms with E-state index in [1.165, 1.54) is 73.6 Å². The van der Waals surface area contributed by atoms with Crippen molar-refractivity contribution >= 4 is 17.6 Å². The Bertz CT molecular complexity index is 1030. The molecule has 1 heterocycles. The number of nitrogens with zero attached hydrogens (tertiary/aromatic N) is 2. The second kappa shape index (κ2) is 11.7. The number of benzene rings is 3. The molecular formula is C28H32F2N2S. The molecule has 0 spiro atoms. The van der Waals surface area contributed by atoms with Gasteiger partial charge in [-0.2, -0.15) is 0 Å². The number of hydrogen-bond acceptors (Lipinski definition) is 3. The Balaban J connectivity index is 1.52. The number of halogens is 2. The SMILES string of the molecule is Cc1ccc(SN(Cc2ccccc2CCCN2CCCCC2)c2cc(F)ccc2F)cc1. The summed E-state index contributed by atoms with van der Waals surface area (Å²) in [4.78, 5) is 3.56. The van der Waals surface area contributed by atoms with Crippen molar-refractivity contribution < 1.29 is 8.78 Å². The monoisotopic (exact) mass is 466 g/mol. The van der Waals surface area contributed by atoms with Crippen LogP contribution >= 0.6 is 11.9 Å². The second-order valence-corrected chi connectivity index (χ2v) is 9.91. The average molecular weight is 467 g/mol. The maximum absolute atomic E-state index is 14.8. The number of likely N-dealkylation sites (tertiary alicyclic amines) is 1. The molecule has 0 saturated carbocycles. The third-order valence-corrected chi connectivity index (χ3v) is 7.24. The first-order valence-electron chi connectivity index (χ1n) is 11.8. The third-order valence-electron chi connectivity index (χ3n) is 6.21. The summed E-state index contributed by atoms with van der Waals surface area (Å²) in [6.45, 7) is 6.08. The summed E-state index contributed by atoms with van der Waals surface area (Å²) in [5.41, 5.74) is 3.87. The maximum atomic E-state index is 14.8. The Kier molecular flexibility index (Phi) is 8.40. The Morgan fingerprint density at radius 3 is 2.36 bits per heavy atom. The Hall–Kier alpha value is -2.37. The van der Waals surface area contributed by atoms with Gasteiger partial charge in [0.1, 0.15) is 11.6 Å². The summed E-state index contributed by atoms with van der Waals surface area (Å²) in [6, 6.07) is 20.2. The fourth-order valence-corrected chi connectivity index (χ4v) is 5.31. The summed E-state index contributed by atoms with van der Waals surface area (Å²) in [6.07, 6.45) is 6.06. The van der Waals surface area contributed by atoms with Crippen molar-refractivity contribution in [2.45, 2.75) is 50.5 Å². The van der Waals surface area contributed by atoms with Crippen molar-refractivity contribution in [3.8, 4) is 0 Å². The van der Waals surface area contributed by atoms with Crippen LogP contribution in [0.25, 0.3) is 0 Å². The lowest BCUT2D eigenvalue weighted by Crippen LogP contribution is -2.30. The van der Waals surface area contributed by atoms with Crippen molar-refractivity contribution in [2.75, 3.05) is 23.9 Å². The van der Waals surface area contributed by atoms with Crippen LogP contribution in [0.2, 0.25) is 0 Å². The van der Waals surface area contributed by atoms with Gasteiger partial charge in [0.25, 0.3) is 0 Å². The van der Waals surface area contributed by atoms with Crippen molar-refractivity contribution in [3.05, 3.63) is 95.1 Å². The van der Waals surface area contributed by atoms with Gasteiger partial charge in [-0.3, -0.25) is 0 Å². The molecule has 0 amide bonds. The molecule has 0 atom stereocenters. The van der Waals surface area contributed by atoms with Gasteiger partial charge in [0.05, 0.1) is 12.2 Å². The van der Waals surface area contributed by atoms with E-state index in [1.807, 2.05) is 41.6 Å². The molecule has 0 bridgehead atoms. The lowest BCUT2D eigenvalue weighted by Gasteiger charge is -2.27. The van der Waals surface area contributed by atoms with Crippen LogP contribution in [-0.2, 0) is 13.0 Å². The van der Waals surface area contributed by atoms with Crippen molar-refractivity contribution in [1.29, 1.82) is 0 Å². The molecule has 1 fully saturated rings. The van der Waals surface area contributed by atoms with Crippen LogP contribution in [0.3, 0.4) is 0 Å². The summed E-state index contributed by atoms with van der Waals surface area (Å²) < 4.78 is 30.7. The predicted molar refractivity (Wildman–Crippen MR) is 135 cm³/mol. The van der Waals surface area contributed by atoms with Gasteiger partial charge in [-0.1, -0.05) is 48.4 Å². The number of hydrogen-bond donors (Lipinski definition) is 0. The molecule has 174 valence electrons. The van der Waals surface area contributed by atoms with Gasteiger partial charge in [0.15, 0.2) is 0 Å². The molecule has 2 nitrogen and oxygen atoms in total. The van der Waals surface area contributed by atoms with Crippen LogP contribution in [0, 0.1) is 18.6 Å². The largest absolute Gasteiger partial charge is 0.305 e. The molecule has 1 aliphatic rings. The molecule has 0 aliphatic carbocycles. The van der Waals surface area contributed by atoms with Crippen LogP contribution in [0.5, 0.6) is 0 Å². The van der Waals surface area contributed by atoms with Crippen LogP contribution in [0.1, 0.15) is 42.4 Å². The van der Waals surface area contributed by atoms with E-state index >= 15 is 0 Å². The number of aryl methyl sites for hydroxylation is 2. The smallest absolute Gasteiger partial charge is 0.147 e. The zero-order valence-corrected chi connectivity index (χ0v) is 20.1. The molecule has 3 aromatic rings. The van der Waals surface area contributed by atoms with E-state index in [1.54, 1.807) is 0 Å². The lowest BCUT2D eigenvalue weighted by atomic mass is 10.0. The molecule has 33 heavy (non-hydrogen) atoms. The zero-order valence-electron chi connectivity index (χ0n) is 19.3. The van der Waals surface area contributed by atoms with E-state index in [-0.39, 0.29) is 5.69 Å². The third kappa shape index (κ3) is 6.81. The fourth-order valence-electron chi connectivity index (χ4n) is 4.36. The summed E-state index contributed by atoms with van der Waals surface area (Å²) in [5.74, 6) is -0.852. The van der Waals surface area contributed by atoms with Crippen LogP contribution in [0.15, 0.2) is 71.6 Å². The predicted octanol–water partition coefficient (Wildman–Crippen LogP) is 7.41. The highest BCUT2D eigenvalue weighted by Crippen LogP contribution is 2.34. The minimum atomic E-state index is -0.435. The van der Waals surface area contributed by atoms with Gasteiger partial charge in [0.2, 0.25) is 0 Å². The zero-order chi connectivity index (χ0) is 23.0. The molecule has 4 rings (SSSR count). The normalized spacial score (nSPS) is 14.4. The number of piperidine rings is 1. The van der Waals surface area contributed by atoms with Gasteiger partial charge in [-0.05, 0) is 99.6 Å². The molecule has 1 saturated heterocycles. The first-order valence-corrected chi connectivity index (χ1v) is 12.6. The molecule has 0 radical (unpaired) electrons. The van der Waals surface area contributed by atoms with Crippen molar-refractivity contribution in [2.24, 2.45) is 0 Å². The molecule has 5 heteroatoms. The first-order chi connectivity index (χ1) is 16.1. The standard InChI is InChI=1S/C28H32F2N2S/c1-22-11-14-26(15-12-22)33-32(28-20-25(29)13-16-27(28)30)21-24-9-4-3-8-23(24)10-7-19-31-17-5-2-6-18-31/h3-4,8-9,11-16,20H,2,5-7,10,17-19,21H2,1H3. The molecule has 3 aromatic carbocycles. The number of rotatable bonds is 9. The van der Waals surface area contributed by atoms with Crippen molar-refractivity contribution in [3.63, 3.8) is 0 Å². The Morgan fingerprint density at radius 2 is 1.61 bits per heavy atom. The summed E-state index contributed by atoms with van der Waals surface area (Å²) >= 11 is 1.44. The van der Waals surface area contributed by atoms with Crippen molar-refractivity contribution in [1.82, 2.24) is 4.90 Å². The van der Waals surface area contributed by atoms with E-state index in [2.05, 4.69) is 23.1 Å². The van der Waals surface area contributed by atoms with Gasteiger partial charge >= 0.3 is 0 Å². The van der Waals surface area contributed by atoms with Gasteiger partial charge < -0.3 is 9.21 Å². The lowest BCUT2D eigenvalue weighted by molar-refractivity contribution is 0.226. The highest BCUT2D eigenvalue weighted by molar-refractivity contribution is 8.00. The summed E-state index contributed by atoms with van der Waals surface area (Å²) in [7, 11) is 0. The molecule has 0 unspecified atom stereocenters. The molecule has 0 N–H and O–H groups in total. The van der Waals surface area contributed by atoms with Gasteiger partial charge in [-0.25, -0.2) is 8.78 Å². The summed E-state index contributed by atoms with van der Waals surface area (Å²) in [5, 5.41) is 0. The quantitative estimate of drug-likeness (QED) is 0.303. The average Bonchev–Trinajstić information content (AvgIpc) is 2.83. The second-order valence-electron chi connectivity index (χ2n) is 8.81. The minimum Gasteiger partial charge on any atom is -0.305 e.